The van der Waals surface area contributed by atoms with Gasteiger partial charge in [-0.1, -0.05) is 0 Å². The Hall–Kier alpha value is -4.85. The number of benzene rings is 2. The number of anilines is 6. The Kier molecular flexibility index (Phi) is 8.48. The zero-order chi connectivity index (χ0) is 28.7. The van der Waals surface area contributed by atoms with Gasteiger partial charge in [-0.25, -0.2) is 27.9 Å². The van der Waals surface area contributed by atoms with E-state index in [0.29, 0.717) is 35.4 Å². The van der Waals surface area contributed by atoms with Crippen molar-refractivity contribution in [1.29, 1.82) is 0 Å². The van der Waals surface area contributed by atoms with Gasteiger partial charge < -0.3 is 20.3 Å². The van der Waals surface area contributed by atoms with Crippen LogP contribution in [0.2, 0.25) is 0 Å². The Morgan fingerprint density at radius 2 is 1.41 bits per heavy atom. The Bertz CT molecular complexity index is 1580. The second-order valence-corrected chi connectivity index (χ2v) is 10.8. The summed E-state index contributed by atoms with van der Waals surface area (Å²) in [7, 11) is -3.87. The van der Waals surface area contributed by atoms with Crippen molar-refractivity contribution in [3.8, 4) is 0 Å². The lowest BCUT2D eigenvalue weighted by molar-refractivity contribution is 0.0526. The van der Waals surface area contributed by atoms with E-state index in [1.54, 1.807) is 49.4 Å². The van der Waals surface area contributed by atoms with Gasteiger partial charge in [-0.2, -0.15) is 15.0 Å². The molecule has 14 heteroatoms. The van der Waals surface area contributed by atoms with Crippen molar-refractivity contribution in [2.75, 3.05) is 40.0 Å². The second kappa shape index (κ2) is 12.6. The number of esters is 1. The van der Waals surface area contributed by atoms with E-state index in [4.69, 9.17) is 4.74 Å². The number of ether oxygens (including phenoxy) is 1. The van der Waals surface area contributed by atoms with Crippen LogP contribution >= 0.6 is 0 Å². The van der Waals surface area contributed by atoms with Crippen LogP contribution in [0.4, 0.5) is 35.2 Å². The van der Waals surface area contributed by atoms with Crippen molar-refractivity contribution in [3.63, 3.8) is 0 Å². The standard InChI is InChI=1S/C27H29N9O4S/c1-2-40-23(37)19-7-9-20(10-8-19)30-25-32-26(34-27(33-25)36-17-4-3-5-18-36)31-21-11-13-22(14-12-21)41(38,39)35-24-28-15-6-16-29-24/h6-16H,2-5,17-18H2,1H3,(H,28,29,35)(H2,30,31,32,33,34). The molecule has 3 heterocycles. The summed E-state index contributed by atoms with van der Waals surface area (Å²) < 4.78 is 32.8. The van der Waals surface area contributed by atoms with Gasteiger partial charge in [-0.3, -0.25) is 0 Å². The van der Waals surface area contributed by atoms with Crippen molar-refractivity contribution in [1.82, 2.24) is 24.9 Å². The molecule has 4 aromatic rings. The lowest BCUT2D eigenvalue weighted by Crippen LogP contribution is -2.31. The maximum absolute atomic E-state index is 12.7. The maximum atomic E-state index is 12.7. The molecular weight excluding hydrogens is 546 g/mol. The molecule has 5 rings (SSSR count). The zero-order valence-corrected chi connectivity index (χ0v) is 23.1. The number of nitrogens with zero attached hydrogens (tertiary/aromatic N) is 6. The number of carbonyl (C=O) groups is 1. The highest BCUT2D eigenvalue weighted by atomic mass is 32.2. The molecule has 0 atom stereocenters. The van der Waals surface area contributed by atoms with Crippen molar-refractivity contribution in [2.45, 2.75) is 31.1 Å². The van der Waals surface area contributed by atoms with Crippen LogP contribution in [0, 0.1) is 0 Å². The van der Waals surface area contributed by atoms with Gasteiger partial charge >= 0.3 is 5.97 Å². The lowest BCUT2D eigenvalue weighted by atomic mass is 10.1. The van der Waals surface area contributed by atoms with E-state index < -0.39 is 10.0 Å². The van der Waals surface area contributed by atoms with E-state index in [2.05, 4.69) is 45.2 Å². The number of hydrogen-bond acceptors (Lipinski definition) is 12. The molecule has 3 N–H and O–H groups in total. The molecule has 212 valence electrons. The first-order valence-electron chi connectivity index (χ1n) is 13.1. The van der Waals surface area contributed by atoms with Crippen LogP contribution < -0.4 is 20.3 Å². The SMILES string of the molecule is CCOC(=O)c1ccc(Nc2nc(Nc3ccc(S(=O)(=O)Nc4ncccn4)cc3)nc(N3CCCCC3)n2)cc1. The van der Waals surface area contributed by atoms with Crippen molar-refractivity contribution in [2.24, 2.45) is 0 Å². The van der Waals surface area contributed by atoms with Gasteiger partial charge in [-0.05, 0) is 80.8 Å². The molecule has 41 heavy (non-hydrogen) atoms. The van der Waals surface area contributed by atoms with E-state index in [1.807, 2.05) is 0 Å². The van der Waals surface area contributed by atoms with Crippen molar-refractivity contribution in [3.05, 3.63) is 72.6 Å². The molecule has 13 nitrogen and oxygen atoms in total. The number of piperidine rings is 1. The predicted octanol–water partition coefficient (Wildman–Crippen LogP) is 4.12. The smallest absolute Gasteiger partial charge is 0.338 e. The summed E-state index contributed by atoms with van der Waals surface area (Å²) in [5, 5.41) is 6.33. The van der Waals surface area contributed by atoms with Gasteiger partial charge in [0, 0.05) is 36.9 Å². The molecule has 1 aliphatic heterocycles. The topological polar surface area (TPSA) is 164 Å². The molecule has 0 spiro atoms. The van der Waals surface area contributed by atoms with Crippen LogP contribution in [0.15, 0.2) is 71.9 Å². The van der Waals surface area contributed by atoms with Gasteiger partial charge in [-0.15, -0.1) is 0 Å². The number of carbonyl (C=O) groups excluding carboxylic acids is 1. The highest BCUT2D eigenvalue weighted by molar-refractivity contribution is 7.92. The summed E-state index contributed by atoms with van der Waals surface area (Å²) in [6.45, 7) is 3.73. The first-order chi connectivity index (χ1) is 19.9. The predicted molar refractivity (Wildman–Crippen MR) is 154 cm³/mol. The van der Waals surface area contributed by atoms with E-state index in [1.165, 1.54) is 24.5 Å². The molecule has 2 aromatic heterocycles. The molecule has 2 aromatic carbocycles. The van der Waals surface area contributed by atoms with Gasteiger partial charge in [0.1, 0.15) is 0 Å². The highest BCUT2D eigenvalue weighted by Gasteiger charge is 2.18. The monoisotopic (exact) mass is 575 g/mol. The molecule has 1 aliphatic rings. The summed E-state index contributed by atoms with van der Waals surface area (Å²) in [4.78, 5) is 35.7. The van der Waals surface area contributed by atoms with E-state index >= 15 is 0 Å². The molecule has 0 saturated carbocycles. The van der Waals surface area contributed by atoms with E-state index in [0.717, 1.165) is 32.4 Å². The zero-order valence-electron chi connectivity index (χ0n) is 22.3. The van der Waals surface area contributed by atoms with Crippen molar-refractivity contribution < 1.29 is 17.9 Å². The van der Waals surface area contributed by atoms with Gasteiger partial charge in [0.25, 0.3) is 10.0 Å². The minimum Gasteiger partial charge on any atom is -0.462 e. The van der Waals surface area contributed by atoms with Crippen LogP contribution in [0.25, 0.3) is 0 Å². The Morgan fingerprint density at radius 3 is 2.00 bits per heavy atom. The number of hydrogen-bond donors (Lipinski definition) is 3. The largest absolute Gasteiger partial charge is 0.462 e. The molecule has 0 bridgehead atoms. The minimum atomic E-state index is -3.87. The third-order valence-corrected chi connectivity index (χ3v) is 7.47. The van der Waals surface area contributed by atoms with Crippen LogP contribution in [0.5, 0.6) is 0 Å². The lowest BCUT2D eigenvalue weighted by Gasteiger charge is -2.27. The normalized spacial score (nSPS) is 13.3. The summed E-state index contributed by atoms with van der Waals surface area (Å²) in [6.07, 6.45) is 6.15. The molecule has 0 amide bonds. The summed E-state index contributed by atoms with van der Waals surface area (Å²) >= 11 is 0. The fraction of sp³-hybridized carbons (Fsp3) is 0.259. The van der Waals surface area contributed by atoms with Gasteiger partial charge in [0.05, 0.1) is 17.1 Å². The molecule has 0 radical (unpaired) electrons. The van der Waals surface area contributed by atoms with Crippen LogP contribution in [0.1, 0.15) is 36.5 Å². The average Bonchev–Trinajstić information content (AvgIpc) is 2.98. The van der Waals surface area contributed by atoms with Crippen molar-refractivity contribution >= 4 is 51.2 Å². The highest BCUT2D eigenvalue weighted by Crippen LogP contribution is 2.24. The number of aromatic nitrogens is 5. The first-order valence-corrected chi connectivity index (χ1v) is 14.6. The fourth-order valence-corrected chi connectivity index (χ4v) is 5.08. The third-order valence-electron chi connectivity index (χ3n) is 6.13. The van der Waals surface area contributed by atoms with Crippen LogP contribution in [-0.4, -0.2) is 59.0 Å². The molecule has 0 unspecified atom stereocenters. The van der Waals surface area contributed by atoms with E-state index in [-0.39, 0.29) is 22.8 Å². The Morgan fingerprint density at radius 1 is 0.829 bits per heavy atom. The number of rotatable bonds is 10. The molecule has 0 aliphatic carbocycles. The van der Waals surface area contributed by atoms with Gasteiger partial charge in [0.2, 0.25) is 23.8 Å². The molecule has 1 saturated heterocycles. The summed E-state index contributed by atoms with van der Waals surface area (Å²) in [6, 6.07) is 14.6. The van der Waals surface area contributed by atoms with Gasteiger partial charge in [0.15, 0.2) is 0 Å². The van der Waals surface area contributed by atoms with E-state index in [9.17, 15) is 13.2 Å². The molecule has 1 fully saturated rings. The number of sulfonamides is 1. The Balaban J connectivity index is 1.35. The second-order valence-electron chi connectivity index (χ2n) is 9.08. The average molecular weight is 576 g/mol. The third kappa shape index (κ3) is 7.22. The Labute approximate surface area is 237 Å². The minimum absolute atomic E-state index is 0.0132. The number of nitrogens with one attached hydrogen (secondary N) is 3. The summed E-state index contributed by atoms with van der Waals surface area (Å²) in [5.41, 5.74) is 1.71. The van der Waals surface area contributed by atoms with Crippen LogP contribution in [-0.2, 0) is 14.8 Å². The summed E-state index contributed by atoms with van der Waals surface area (Å²) in [5.74, 6) is 0.733. The quantitative estimate of drug-likeness (QED) is 0.232. The van der Waals surface area contributed by atoms with Crippen LogP contribution in [0.3, 0.4) is 0 Å². The fourth-order valence-electron chi connectivity index (χ4n) is 4.12. The maximum Gasteiger partial charge on any atom is 0.338 e. The first kappa shape index (κ1) is 27.7. The molecular formula is C27H29N9O4S.